The fourth-order valence-corrected chi connectivity index (χ4v) is 4.90. The number of ether oxygens (including phenoxy) is 3. The van der Waals surface area contributed by atoms with Gasteiger partial charge in [0.2, 0.25) is 0 Å². The predicted molar refractivity (Wildman–Crippen MR) is 154 cm³/mol. The van der Waals surface area contributed by atoms with Crippen molar-refractivity contribution in [2.75, 3.05) is 14.2 Å². The monoisotopic (exact) mass is 574 g/mol. The van der Waals surface area contributed by atoms with Crippen LogP contribution in [0.2, 0.25) is 5.02 Å². The van der Waals surface area contributed by atoms with Gasteiger partial charge in [-0.2, -0.15) is 0 Å². The van der Waals surface area contributed by atoms with E-state index in [1.165, 1.54) is 20.3 Å². The van der Waals surface area contributed by atoms with Crippen molar-refractivity contribution in [2.24, 2.45) is 0 Å². The normalized spacial score (nSPS) is 11.4. The average molecular weight is 575 g/mol. The SMILES string of the molecule is COc1cc(/C=C(\Sc2nnc(-c3cc(Cl)ccc3OC)o2)C(=O)O)ccc1OCc1cccc2ccccc12. The molecule has 0 saturated heterocycles. The average Bonchev–Trinajstić information content (AvgIpc) is 3.44. The van der Waals surface area contributed by atoms with Crippen molar-refractivity contribution in [3.05, 3.63) is 99.9 Å². The summed E-state index contributed by atoms with van der Waals surface area (Å²) in [5.41, 5.74) is 2.14. The number of carboxylic acid groups (broad SMARTS) is 1. The van der Waals surface area contributed by atoms with Gasteiger partial charge in [0.25, 0.3) is 11.1 Å². The second kappa shape index (κ2) is 12.1. The number of hydrogen-bond donors (Lipinski definition) is 1. The van der Waals surface area contributed by atoms with E-state index >= 15 is 0 Å². The summed E-state index contributed by atoms with van der Waals surface area (Å²) < 4.78 is 22.7. The molecule has 202 valence electrons. The maximum atomic E-state index is 12.0. The largest absolute Gasteiger partial charge is 0.496 e. The van der Waals surface area contributed by atoms with Crippen molar-refractivity contribution in [3.8, 4) is 28.7 Å². The van der Waals surface area contributed by atoms with Crippen LogP contribution in [0.1, 0.15) is 11.1 Å². The number of carbonyl (C=O) groups is 1. The third kappa shape index (κ3) is 6.06. The number of aromatic nitrogens is 2. The number of nitrogens with zero attached hydrogens (tertiary/aromatic N) is 2. The number of halogens is 1. The Kier molecular flexibility index (Phi) is 8.23. The second-order valence-corrected chi connectivity index (χ2v) is 9.90. The minimum atomic E-state index is -1.15. The molecule has 0 radical (unpaired) electrons. The van der Waals surface area contributed by atoms with Gasteiger partial charge >= 0.3 is 5.97 Å². The zero-order chi connectivity index (χ0) is 28.1. The molecule has 1 heterocycles. The minimum Gasteiger partial charge on any atom is -0.496 e. The van der Waals surface area contributed by atoms with Crippen LogP contribution in [0.5, 0.6) is 17.2 Å². The summed E-state index contributed by atoms with van der Waals surface area (Å²) in [7, 11) is 3.04. The van der Waals surface area contributed by atoms with Gasteiger partial charge in [0.05, 0.1) is 19.8 Å². The van der Waals surface area contributed by atoms with E-state index < -0.39 is 5.97 Å². The van der Waals surface area contributed by atoms with Gasteiger partial charge in [0.15, 0.2) is 11.5 Å². The third-order valence-electron chi connectivity index (χ3n) is 5.95. The van der Waals surface area contributed by atoms with Crippen molar-refractivity contribution in [3.63, 3.8) is 0 Å². The molecule has 0 atom stereocenters. The van der Waals surface area contributed by atoms with Crippen molar-refractivity contribution in [1.82, 2.24) is 10.2 Å². The van der Waals surface area contributed by atoms with E-state index in [1.807, 2.05) is 24.3 Å². The number of carboxylic acids is 1. The first-order valence-corrected chi connectivity index (χ1v) is 13.2. The highest BCUT2D eigenvalue weighted by Crippen LogP contribution is 2.36. The second-order valence-electron chi connectivity index (χ2n) is 8.47. The van der Waals surface area contributed by atoms with E-state index in [2.05, 4.69) is 28.4 Å². The third-order valence-corrected chi connectivity index (χ3v) is 7.04. The smallest absolute Gasteiger partial charge is 0.342 e. The molecule has 1 N–H and O–H groups in total. The Labute approximate surface area is 239 Å². The maximum absolute atomic E-state index is 12.0. The lowest BCUT2D eigenvalue weighted by Crippen LogP contribution is -1.99. The molecule has 0 fully saturated rings. The van der Waals surface area contributed by atoms with Crippen molar-refractivity contribution >= 4 is 46.2 Å². The highest BCUT2D eigenvalue weighted by atomic mass is 35.5. The van der Waals surface area contributed by atoms with Crippen LogP contribution >= 0.6 is 23.4 Å². The summed E-state index contributed by atoms with van der Waals surface area (Å²) in [4.78, 5) is 12.0. The molecule has 5 rings (SSSR count). The molecule has 0 saturated carbocycles. The number of aliphatic carboxylic acids is 1. The zero-order valence-electron chi connectivity index (χ0n) is 21.5. The number of methoxy groups -OCH3 is 2. The fourth-order valence-electron chi connectivity index (χ4n) is 4.05. The van der Waals surface area contributed by atoms with E-state index in [-0.39, 0.29) is 16.0 Å². The highest BCUT2D eigenvalue weighted by Gasteiger charge is 2.19. The van der Waals surface area contributed by atoms with Crippen LogP contribution < -0.4 is 14.2 Å². The van der Waals surface area contributed by atoms with Gasteiger partial charge in [0.1, 0.15) is 17.3 Å². The van der Waals surface area contributed by atoms with Crippen LogP contribution in [-0.4, -0.2) is 35.5 Å². The first-order chi connectivity index (χ1) is 19.4. The van der Waals surface area contributed by atoms with Gasteiger partial charge in [-0.1, -0.05) is 60.1 Å². The van der Waals surface area contributed by atoms with Crippen LogP contribution in [0.25, 0.3) is 28.3 Å². The topological polar surface area (TPSA) is 104 Å². The van der Waals surface area contributed by atoms with Crippen molar-refractivity contribution in [1.29, 1.82) is 0 Å². The van der Waals surface area contributed by atoms with Crippen molar-refractivity contribution in [2.45, 2.75) is 11.8 Å². The van der Waals surface area contributed by atoms with Gasteiger partial charge in [0, 0.05) is 5.02 Å². The quantitative estimate of drug-likeness (QED) is 0.135. The first-order valence-electron chi connectivity index (χ1n) is 12.0. The summed E-state index contributed by atoms with van der Waals surface area (Å²) in [5.74, 6) is 0.501. The molecule has 1 aromatic heterocycles. The molecular formula is C30H23ClN2O6S. The van der Waals surface area contributed by atoms with E-state index in [0.717, 1.165) is 28.1 Å². The molecule has 0 aliphatic heterocycles. The lowest BCUT2D eigenvalue weighted by Gasteiger charge is -2.13. The fraction of sp³-hybridized carbons (Fsp3) is 0.100. The van der Waals surface area contributed by atoms with Crippen LogP contribution in [0.4, 0.5) is 0 Å². The molecule has 0 spiro atoms. The van der Waals surface area contributed by atoms with Crippen LogP contribution in [0, 0.1) is 0 Å². The first kappa shape index (κ1) is 27.1. The van der Waals surface area contributed by atoms with Crippen LogP contribution in [0.15, 0.2) is 93.4 Å². The Bertz CT molecular complexity index is 1710. The predicted octanol–water partition coefficient (Wildman–Crippen LogP) is 7.36. The van der Waals surface area contributed by atoms with E-state index in [4.69, 9.17) is 30.2 Å². The Balaban J connectivity index is 1.35. The van der Waals surface area contributed by atoms with Crippen LogP contribution in [0.3, 0.4) is 0 Å². The lowest BCUT2D eigenvalue weighted by atomic mass is 10.1. The molecule has 0 unspecified atom stereocenters. The van der Waals surface area contributed by atoms with Gasteiger partial charge in [-0.15, -0.1) is 10.2 Å². The summed E-state index contributed by atoms with van der Waals surface area (Å²) in [6.07, 6.45) is 1.49. The van der Waals surface area contributed by atoms with Gasteiger partial charge < -0.3 is 23.7 Å². The van der Waals surface area contributed by atoms with Crippen molar-refractivity contribution < 1.29 is 28.5 Å². The molecule has 5 aromatic rings. The highest BCUT2D eigenvalue weighted by molar-refractivity contribution is 8.03. The summed E-state index contributed by atoms with van der Waals surface area (Å²) >= 11 is 6.93. The van der Waals surface area contributed by atoms with E-state index in [9.17, 15) is 9.90 Å². The van der Waals surface area contributed by atoms with Crippen LogP contribution in [-0.2, 0) is 11.4 Å². The Morgan fingerprint density at radius 1 is 0.950 bits per heavy atom. The molecule has 10 heteroatoms. The number of benzene rings is 4. The summed E-state index contributed by atoms with van der Waals surface area (Å²) in [6.45, 7) is 0.347. The van der Waals surface area contributed by atoms with Gasteiger partial charge in [-0.05, 0) is 70.1 Å². The molecule has 4 aromatic carbocycles. The molecule has 0 aliphatic carbocycles. The molecular weight excluding hydrogens is 552 g/mol. The Morgan fingerprint density at radius 3 is 2.52 bits per heavy atom. The number of thioether (sulfide) groups is 1. The number of rotatable bonds is 10. The maximum Gasteiger partial charge on any atom is 0.342 e. The molecule has 40 heavy (non-hydrogen) atoms. The summed E-state index contributed by atoms with van der Waals surface area (Å²) in [5, 5.41) is 20.6. The van der Waals surface area contributed by atoms with E-state index in [1.54, 1.807) is 36.4 Å². The number of fused-ring (bicyclic) bond motifs is 1. The van der Waals surface area contributed by atoms with E-state index in [0.29, 0.717) is 40.0 Å². The Morgan fingerprint density at radius 2 is 1.73 bits per heavy atom. The summed E-state index contributed by atoms with van der Waals surface area (Å²) in [6, 6.07) is 24.4. The lowest BCUT2D eigenvalue weighted by molar-refractivity contribution is -0.131. The minimum absolute atomic E-state index is 0.0280. The Hall–Kier alpha value is -4.47. The number of hydrogen-bond acceptors (Lipinski definition) is 8. The standard InChI is InChI=1S/C30H23ClN2O6S/c1-36-24-13-11-21(31)16-23(24)28-32-33-30(39-28)40-27(29(34)35)15-18-10-12-25(26(14-18)37-2)38-17-20-8-5-7-19-6-3-4-9-22(19)20/h3-16H,17H2,1-2H3,(H,34,35)/b27-15-. The zero-order valence-corrected chi connectivity index (χ0v) is 23.0. The molecule has 0 bridgehead atoms. The molecule has 8 nitrogen and oxygen atoms in total. The van der Waals surface area contributed by atoms with Gasteiger partial charge in [-0.25, -0.2) is 4.79 Å². The molecule has 0 amide bonds. The van der Waals surface area contributed by atoms with Gasteiger partial charge in [-0.3, -0.25) is 0 Å². The molecule has 0 aliphatic rings.